The standard InChI is InChI=1S/C21H22N2O5/c1-28-17-8-6-14(7-9-17)12-23-13-16(10-19(23)24)21(27)22-18-5-3-2-4-15(18)11-20(25)26/h2-9,16H,10-13H2,1H3,(H,22,27)(H,25,26). The average Bonchev–Trinajstić information content (AvgIpc) is 3.04. The Bertz CT molecular complexity index is 879. The lowest BCUT2D eigenvalue weighted by Gasteiger charge is -2.17. The number of carbonyl (C=O) groups is 3. The maximum atomic E-state index is 12.6. The van der Waals surface area contributed by atoms with E-state index in [0.29, 0.717) is 24.3 Å². The van der Waals surface area contributed by atoms with Crippen LogP contribution in [0.4, 0.5) is 5.69 Å². The molecule has 146 valence electrons. The van der Waals surface area contributed by atoms with Gasteiger partial charge in [0.1, 0.15) is 5.75 Å². The van der Waals surface area contributed by atoms with Crippen molar-refractivity contribution in [3.05, 3.63) is 59.7 Å². The number of nitrogens with one attached hydrogen (secondary N) is 1. The van der Waals surface area contributed by atoms with Crippen molar-refractivity contribution >= 4 is 23.5 Å². The van der Waals surface area contributed by atoms with E-state index < -0.39 is 11.9 Å². The fourth-order valence-electron chi connectivity index (χ4n) is 3.25. The van der Waals surface area contributed by atoms with Gasteiger partial charge < -0.3 is 20.1 Å². The summed E-state index contributed by atoms with van der Waals surface area (Å²) in [5, 5.41) is 11.8. The lowest BCUT2D eigenvalue weighted by molar-refractivity contribution is -0.136. The van der Waals surface area contributed by atoms with Gasteiger partial charge in [0.05, 0.1) is 19.4 Å². The highest BCUT2D eigenvalue weighted by atomic mass is 16.5. The predicted molar refractivity (Wildman–Crippen MR) is 103 cm³/mol. The van der Waals surface area contributed by atoms with Crippen LogP contribution in [-0.2, 0) is 27.3 Å². The van der Waals surface area contributed by atoms with Crippen molar-refractivity contribution in [3.8, 4) is 5.75 Å². The van der Waals surface area contributed by atoms with Gasteiger partial charge in [-0.3, -0.25) is 14.4 Å². The van der Waals surface area contributed by atoms with Crippen LogP contribution in [-0.4, -0.2) is 41.4 Å². The Kier molecular flexibility index (Phi) is 5.93. The number of carboxylic acids is 1. The molecule has 0 spiro atoms. The van der Waals surface area contributed by atoms with Gasteiger partial charge in [-0.1, -0.05) is 30.3 Å². The molecular weight excluding hydrogens is 360 g/mol. The molecule has 28 heavy (non-hydrogen) atoms. The number of carbonyl (C=O) groups excluding carboxylic acids is 2. The Morgan fingerprint density at radius 1 is 1.18 bits per heavy atom. The van der Waals surface area contributed by atoms with Crippen molar-refractivity contribution in [2.75, 3.05) is 19.0 Å². The molecule has 2 aromatic rings. The van der Waals surface area contributed by atoms with E-state index in [1.54, 1.807) is 36.3 Å². The molecule has 0 radical (unpaired) electrons. The molecule has 2 aromatic carbocycles. The van der Waals surface area contributed by atoms with Crippen LogP contribution in [0.5, 0.6) is 5.75 Å². The van der Waals surface area contributed by atoms with Crippen LogP contribution < -0.4 is 10.1 Å². The molecular formula is C21H22N2O5. The second-order valence-electron chi connectivity index (χ2n) is 6.74. The zero-order valence-corrected chi connectivity index (χ0v) is 15.6. The zero-order chi connectivity index (χ0) is 20.1. The van der Waals surface area contributed by atoms with Gasteiger partial charge in [-0.2, -0.15) is 0 Å². The van der Waals surface area contributed by atoms with Crippen LogP contribution in [0.1, 0.15) is 17.5 Å². The lowest BCUT2D eigenvalue weighted by Crippen LogP contribution is -2.28. The molecule has 0 aromatic heterocycles. The number of amides is 2. The number of likely N-dealkylation sites (tertiary alicyclic amines) is 1. The van der Waals surface area contributed by atoms with Gasteiger partial charge in [0.25, 0.3) is 0 Å². The molecule has 1 aliphatic rings. The molecule has 1 saturated heterocycles. The lowest BCUT2D eigenvalue weighted by atomic mass is 10.1. The minimum Gasteiger partial charge on any atom is -0.497 e. The van der Waals surface area contributed by atoms with Crippen LogP contribution >= 0.6 is 0 Å². The summed E-state index contributed by atoms with van der Waals surface area (Å²) in [5.41, 5.74) is 1.96. The molecule has 1 atom stereocenters. The van der Waals surface area contributed by atoms with Crippen molar-refractivity contribution in [3.63, 3.8) is 0 Å². The summed E-state index contributed by atoms with van der Waals surface area (Å²) in [6, 6.07) is 14.2. The van der Waals surface area contributed by atoms with E-state index >= 15 is 0 Å². The van der Waals surface area contributed by atoms with Crippen LogP contribution in [0.2, 0.25) is 0 Å². The molecule has 7 heteroatoms. The number of carboxylic acid groups (broad SMARTS) is 1. The summed E-state index contributed by atoms with van der Waals surface area (Å²) in [5.74, 6) is -1.04. The minimum absolute atomic E-state index is 0.0743. The van der Waals surface area contributed by atoms with E-state index in [0.717, 1.165) is 11.3 Å². The molecule has 0 aliphatic carbocycles. The summed E-state index contributed by atoms with van der Waals surface area (Å²) >= 11 is 0. The molecule has 1 fully saturated rings. The summed E-state index contributed by atoms with van der Waals surface area (Å²) in [7, 11) is 1.59. The number of aliphatic carboxylic acids is 1. The van der Waals surface area contributed by atoms with E-state index in [1.165, 1.54) is 0 Å². The smallest absolute Gasteiger partial charge is 0.307 e. The SMILES string of the molecule is COc1ccc(CN2CC(C(=O)Nc3ccccc3CC(=O)O)CC2=O)cc1. The normalized spacial score (nSPS) is 16.1. The highest BCUT2D eigenvalue weighted by Gasteiger charge is 2.34. The summed E-state index contributed by atoms with van der Waals surface area (Å²) < 4.78 is 5.13. The molecule has 1 aliphatic heterocycles. The number of benzene rings is 2. The van der Waals surface area contributed by atoms with Crippen molar-refractivity contribution < 1.29 is 24.2 Å². The second-order valence-corrected chi connectivity index (χ2v) is 6.74. The van der Waals surface area contributed by atoms with E-state index in [1.807, 2.05) is 24.3 Å². The van der Waals surface area contributed by atoms with Gasteiger partial charge in [-0.15, -0.1) is 0 Å². The number of ether oxygens (including phenoxy) is 1. The summed E-state index contributed by atoms with van der Waals surface area (Å²) in [6.45, 7) is 0.764. The molecule has 7 nitrogen and oxygen atoms in total. The molecule has 1 unspecified atom stereocenters. The molecule has 0 bridgehead atoms. The van der Waals surface area contributed by atoms with Gasteiger partial charge in [0, 0.05) is 25.2 Å². The predicted octanol–water partition coefficient (Wildman–Crippen LogP) is 2.31. The fourth-order valence-corrected chi connectivity index (χ4v) is 3.25. The molecule has 2 amide bonds. The van der Waals surface area contributed by atoms with E-state index in [-0.39, 0.29) is 24.7 Å². The third kappa shape index (κ3) is 4.68. The summed E-state index contributed by atoms with van der Waals surface area (Å²) in [4.78, 5) is 37.6. The van der Waals surface area contributed by atoms with Crippen molar-refractivity contribution in [1.29, 1.82) is 0 Å². The Morgan fingerprint density at radius 3 is 2.57 bits per heavy atom. The fraction of sp³-hybridized carbons (Fsp3) is 0.286. The highest BCUT2D eigenvalue weighted by molar-refractivity contribution is 5.98. The van der Waals surface area contributed by atoms with Gasteiger partial charge in [-0.25, -0.2) is 0 Å². The first kappa shape index (κ1) is 19.4. The first-order chi connectivity index (χ1) is 13.5. The number of anilines is 1. The number of hydrogen-bond donors (Lipinski definition) is 2. The third-order valence-electron chi connectivity index (χ3n) is 4.73. The molecule has 0 saturated carbocycles. The van der Waals surface area contributed by atoms with Crippen LogP contribution in [0, 0.1) is 5.92 Å². The van der Waals surface area contributed by atoms with E-state index in [2.05, 4.69) is 5.32 Å². The second kappa shape index (κ2) is 8.56. The molecule has 1 heterocycles. The maximum Gasteiger partial charge on any atom is 0.307 e. The largest absolute Gasteiger partial charge is 0.497 e. The van der Waals surface area contributed by atoms with E-state index in [9.17, 15) is 14.4 Å². The number of hydrogen-bond acceptors (Lipinski definition) is 4. The van der Waals surface area contributed by atoms with Gasteiger partial charge in [0.15, 0.2) is 0 Å². The first-order valence-electron chi connectivity index (χ1n) is 8.97. The van der Waals surface area contributed by atoms with Crippen LogP contribution in [0.15, 0.2) is 48.5 Å². The number of methoxy groups -OCH3 is 1. The zero-order valence-electron chi connectivity index (χ0n) is 15.6. The molecule has 3 rings (SSSR count). The Labute approximate surface area is 162 Å². The minimum atomic E-state index is -0.969. The highest BCUT2D eigenvalue weighted by Crippen LogP contribution is 2.24. The van der Waals surface area contributed by atoms with E-state index in [4.69, 9.17) is 9.84 Å². The number of para-hydroxylation sites is 1. The van der Waals surface area contributed by atoms with Gasteiger partial charge >= 0.3 is 5.97 Å². The topological polar surface area (TPSA) is 95.9 Å². The van der Waals surface area contributed by atoms with Crippen molar-refractivity contribution in [2.45, 2.75) is 19.4 Å². The monoisotopic (exact) mass is 382 g/mol. The number of nitrogens with zero attached hydrogens (tertiary/aromatic N) is 1. The summed E-state index contributed by atoms with van der Waals surface area (Å²) in [6.07, 6.45) is -0.0350. The Morgan fingerprint density at radius 2 is 1.89 bits per heavy atom. The average molecular weight is 382 g/mol. The van der Waals surface area contributed by atoms with Crippen molar-refractivity contribution in [1.82, 2.24) is 4.90 Å². The Hall–Kier alpha value is -3.35. The molecule has 2 N–H and O–H groups in total. The number of rotatable bonds is 7. The van der Waals surface area contributed by atoms with Gasteiger partial charge in [-0.05, 0) is 29.3 Å². The van der Waals surface area contributed by atoms with Crippen molar-refractivity contribution in [2.24, 2.45) is 5.92 Å². The van der Waals surface area contributed by atoms with Crippen LogP contribution in [0.25, 0.3) is 0 Å². The maximum absolute atomic E-state index is 12.6. The Balaban J connectivity index is 1.63. The first-order valence-corrected chi connectivity index (χ1v) is 8.97. The van der Waals surface area contributed by atoms with Crippen LogP contribution in [0.3, 0.4) is 0 Å². The quantitative estimate of drug-likeness (QED) is 0.766. The third-order valence-corrected chi connectivity index (χ3v) is 4.73. The van der Waals surface area contributed by atoms with Gasteiger partial charge in [0.2, 0.25) is 11.8 Å².